The molecule has 1 unspecified atom stereocenters. The predicted octanol–water partition coefficient (Wildman–Crippen LogP) is 2.13. The first-order chi connectivity index (χ1) is 12.0. The van der Waals surface area contributed by atoms with Crippen molar-refractivity contribution in [3.8, 4) is 5.88 Å². The second-order valence-electron chi connectivity index (χ2n) is 5.76. The van der Waals surface area contributed by atoms with Gasteiger partial charge in [0.25, 0.3) is 0 Å². The monoisotopic (exact) mass is 524 g/mol. The fourth-order valence-electron chi connectivity index (χ4n) is 1.91. The Kier molecular flexibility index (Phi) is 11.0. The van der Waals surface area contributed by atoms with Crippen LogP contribution in [0, 0.1) is 0 Å². The van der Waals surface area contributed by atoms with Crippen LogP contribution in [0.5, 0.6) is 5.88 Å². The van der Waals surface area contributed by atoms with Crippen LogP contribution in [0.25, 0.3) is 0 Å². The van der Waals surface area contributed by atoms with Crippen molar-refractivity contribution in [1.82, 2.24) is 15.6 Å². The van der Waals surface area contributed by atoms with Crippen molar-refractivity contribution in [2.24, 2.45) is 4.99 Å². The van der Waals surface area contributed by atoms with Crippen LogP contribution in [-0.2, 0) is 16.4 Å². The summed E-state index contributed by atoms with van der Waals surface area (Å²) in [5, 5.41) is 5.96. The zero-order chi connectivity index (χ0) is 19.8. The maximum atomic E-state index is 12.3. The first kappa shape index (κ1) is 25.7. The summed E-state index contributed by atoms with van der Waals surface area (Å²) in [6.07, 6.45) is -1.55. The molecule has 0 aromatic carbocycles. The van der Waals surface area contributed by atoms with Gasteiger partial charge in [-0.3, -0.25) is 4.99 Å². The minimum atomic E-state index is -4.45. The molecule has 27 heavy (non-hydrogen) atoms. The molecule has 0 spiro atoms. The second-order valence-corrected chi connectivity index (χ2v) is 8.02. The Morgan fingerprint density at radius 3 is 2.63 bits per heavy atom. The van der Waals surface area contributed by atoms with Gasteiger partial charge in [0.1, 0.15) is 9.84 Å². The lowest BCUT2D eigenvalue weighted by Gasteiger charge is -2.18. The third kappa shape index (κ3) is 11.9. The van der Waals surface area contributed by atoms with E-state index in [2.05, 4.69) is 20.6 Å². The summed E-state index contributed by atoms with van der Waals surface area (Å²) in [7, 11) is -1.53. The summed E-state index contributed by atoms with van der Waals surface area (Å²) in [5.74, 6) is 0.311. The minimum absolute atomic E-state index is 0. The largest absolute Gasteiger partial charge is 0.468 e. The number of ether oxygens (including phenoxy) is 1. The third-order valence-electron chi connectivity index (χ3n) is 3.20. The number of alkyl halides is 3. The highest BCUT2D eigenvalue weighted by molar-refractivity contribution is 14.0. The number of hydrogen-bond donors (Lipinski definition) is 2. The number of rotatable bonds is 8. The van der Waals surface area contributed by atoms with E-state index in [1.54, 1.807) is 19.1 Å². The van der Waals surface area contributed by atoms with Gasteiger partial charge in [-0.05, 0) is 19.4 Å². The minimum Gasteiger partial charge on any atom is -0.468 e. The van der Waals surface area contributed by atoms with Crippen LogP contribution in [0.3, 0.4) is 0 Å². The molecule has 0 saturated heterocycles. The molecule has 1 atom stereocenters. The molecule has 1 rings (SSSR count). The van der Waals surface area contributed by atoms with Gasteiger partial charge >= 0.3 is 6.18 Å². The Hall–Kier alpha value is -1.31. The van der Waals surface area contributed by atoms with Crippen LogP contribution in [0.1, 0.15) is 18.9 Å². The first-order valence-corrected chi connectivity index (χ1v) is 9.84. The van der Waals surface area contributed by atoms with E-state index in [0.29, 0.717) is 17.9 Å². The Balaban J connectivity index is 0.00000676. The van der Waals surface area contributed by atoms with Crippen LogP contribution >= 0.6 is 24.0 Å². The molecular weight excluding hydrogens is 500 g/mol. The third-order valence-corrected chi connectivity index (χ3v) is 4.17. The van der Waals surface area contributed by atoms with Crippen molar-refractivity contribution in [3.63, 3.8) is 0 Å². The van der Waals surface area contributed by atoms with Crippen LogP contribution in [0.4, 0.5) is 13.2 Å². The SMILES string of the molecule is CN=C(NCc1cccnc1OCC(F)(F)F)NC(C)CCS(C)(=O)=O.I. The van der Waals surface area contributed by atoms with Gasteiger partial charge in [0, 0.05) is 37.7 Å². The molecule has 1 aromatic rings. The summed E-state index contributed by atoms with van der Waals surface area (Å²) in [4.78, 5) is 7.82. The van der Waals surface area contributed by atoms with E-state index in [0.717, 1.165) is 6.26 Å². The molecule has 0 fully saturated rings. The Bertz CT molecular complexity index is 715. The fraction of sp³-hybridized carbons (Fsp3) is 0.600. The maximum absolute atomic E-state index is 12.3. The van der Waals surface area contributed by atoms with Crippen LogP contribution < -0.4 is 15.4 Å². The highest BCUT2D eigenvalue weighted by Gasteiger charge is 2.29. The molecule has 1 heterocycles. The molecule has 2 N–H and O–H groups in total. The maximum Gasteiger partial charge on any atom is 0.422 e. The molecule has 1 aromatic heterocycles. The van der Waals surface area contributed by atoms with E-state index in [9.17, 15) is 21.6 Å². The zero-order valence-corrected chi connectivity index (χ0v) is 18.4. The summed E-state index contributed by atoms with van der Waals surface area (Å²) in [5.41, 5.74) is 0.434. The Morgan fingerprint density at radius 1 is 1.41 bits per heavy atom. The number of hydrogen-bond acceptors (Lipinski definition) is 5. The van der Waals surface area contributed by atoms with E-state index in [1.807, 2.05) is 0 Å². The molecule has 0 aliphatic rings. The van der Waals surface area contributed by atoms with Gasteiger partial charge < -0.3 is 15.4 Å². The smallest absolute Gasteiger partial charge is 0.422 e. The second kappa shape index (κ2) is 11.5. The molecule has 0 bridgehead atoms. The summed E-state index contributed by atoms with van der Waals surface area (Å²) in [6.45, 7) is 0.520. The number of sulfone groups is 1. The van der Waals surface area contributed by atoms with Crippen molar-refractivity contribution in [1.29, 1.82) is 0 Å². The molecular formula is C15H24F3IN4O3S. The molecule has 0 amide bonds. The number of aromatic nitrogens is 1. The summed E-state index contributed by atoms with van der Waals surface area (Å²) >= 11 is 0. The van der Waals surface area contributed by atoms with E-state index in [4.69, 9.17) is 4.74 Å². The van der Waals surface area contributed by atoms with Gasteiger partial charge in [0.15, 0.2) is 12.6 Å². The molecule has 0 radical (unpaired) electrons. The molecule has 0 aliphatic heterocycles. The number of pyridine rings is 1. The molecule has 0 saturated carbocycles. The van der Waals surface area contributed by atoms with Gasteiger partial charge in [-0.15, -0.1) is 24.0 Å². The van der Waals surface area contributed by atoms with Crippen molar-refractivity contribution < 1.29 is 26.3 Å². The zero-order valence-electron chi connectivity index (χ0n) is 15.2. The van der Waals surface area contributed by atoms with Crippen molar-refractivity contribution in [2.45, 2.75) is 32.1 Å². The predicted molar refractivity (Wildman–Crippen MR) is 108 cm³/mol. The average molecular weight is 524 g/mol. The fourth-order valence-corrected chi connectivity index (χ4v) is 2.69. The lowest BCUT2D eigenvalue weighted by molar-refractivity contribution is -0.154. The number of nitrogens with zero attached hydrogens (tertiary/aromatic N) is 2. The molecule has 156 valence electrons. The van der Waals surface area contributed by atoms with E-state index < -0.39 is 22.6 Å². The Morgan fingerprint density at radius 2 is 2.07 bits per heavy atom. The van der Waals surface area contributed by atoms with Crippen LogP contribution in [0.15, 0.2) is 23.3 Å². The number of guanidine groups is 1. The van der Waals surface area contributed by atoms with Crippen molar-refractivity contribution in [3.05, 3.63) is 23.9 Å². The topological polar surface area (TPSA) is 92.7 Å². The molecule has 12 heteroatoms. The molecule has 0 aliphatic carbocycles. The number of nitrogens with one attached hydrogen (secondary N) is 2. The van der Waals surface area contributed by atoms with E-state index in [-0.39, 0.29) is 48.2 Å². The lowest BCUT2D eigenvalue weighted by Crippen LogP contribution is -2.42. The summed E-state index contributed by atoms with van der Waals surface area (Å²) < 4.78 is 64.0. The number of aliphatic imine (C=N–C) groups is 1. The molecule has 7 nitrogen and oxygen atoms in total. The van der Waals surface area contributed by atoms with Gasteiger partial charge in [0.05, 0.1) is 5.75 Å². The number of halogens is 4. The first-order valence-electron chi connectivity index (χ1n) is 7.78. The van der Waals surface area contributed by atoms with Crippen molar-refractivity contribution >= 4 is 39.8 Å². The highest BCUT2D eigenvalue weighted by Crippen LogP contribution is 2.19. The lowest BCUT2D eigenvalue weighted by atomic mass is 10.2. The Labute approximate surface area is 174 Å². The van der Waals surface area contributed by atoms with Crippen molar-refractivity contribution in [2.75, 3.05) is 25.7 Å². The summed E-state index contributed by atoms with van der Waals surface area (Å²) in [6, 6.07) is 3.01. The highest BCUT2D eigenvalue weighted by atomic mass is 127. The quantitative estimate of drug-likeness (QED) is 0.308. The van der Waals surface area contributed by atoms with E-state index >= 15 is 0 Å². The van der Waals surface area contributed by atoms with Crippen LogP contribution in [-0.4, -0.2) is 57.2 Å². The van der Waals surface area contributed by atoms with Gasteiger partial charge in [-0.25, -0.2) is 13.4 Å². The van der Waals surface area contributed by atoms with Gasteiger partial charge in [0.2, 0.25) is 5.88 Å². The van der Waals surface area contributed by atoms with Crippen LogP contribution in [0.2, 0.25) is 0 Å². The van der Waals surface area contributed by atoms with Gasteiger partial charge in [-0.1, -0.05) is 6.07 Å². The van der Waals surface area contributed by atoms with Gasteiger partial charge in [-0.2, -0.15) is 13.2 Å². The van der Waals surface area contributed by atoms with E-state index in [1.165, 1.54) is 13.2 Å². The average Bonchev–Trinajstić information content (AvgIpc) is 2.54. The normalized spacial score (nSPS) is 13.5. The standard InChI is InChI=1S/C15H23F3N4O3S.HI/c1-11(6-8-26(3,23)24)22-14(19-2)21-9-12-5-4-7-20-13(12)25-10-15(16,17)18;/h4-5,7,11H,6,8-10H2,1-3H3,(H2,19,21,22);1H.